The summed E-state index contributed by atoms with van der Waals surface area (Å²) in [4.78, 5) is 52.5. The van der Waals surface area contributed by atoms with E-state index in [4.69, 9.17) is 14.2 Å². The molecule has 10 heteroatoms. The molecule has 4 atom stereocenters. The van der Waals surface area contributed by atoms with Crippen LogP contribution in [0, 0.1) is 0 Å². The van der Waals surface area contributed by atoms with Gasteiger partial charge in [-0.15, -0.1) is 0 Å². The third-order valence-corrected chi connectivity index (χ3v) is 5.83. The van der Waals surface area contributed by atoms with Gasteiger partial charge in [0.05, 0.1) is 19.1 Å². The monoisotopic (exact) mass is 473 g/mol. The average Bonchev–Trinajstić information content (AvgIpc) is 3.43. The van der Waals surface area contributed by atoms with Gasteiger partial charge in [0.15, 0.2) is 0 Å². The van der Waals surface area contributed by atoms with E-state index < -0.39 is 48.1 Å². The fourth-order valence-electron chi connectivity index (χ4n) is 4.15. The maximum Gasteiger partial charge on any atom is 0.310 e. The van der Waals surface area contributed by atoms with E-state index >= 15 is 0 Å². The standard InChI is InChI=1S/C24H31N3O7/c1-5-33-24-16(13-19(28)34-24)25-22(30)17-10-8-12-27(17)23(31)20(14(2)3)26-21(29)15-9-6-7-11-18(15)32-4/h6-7,9,11,16-17,20,24H,2,5,8,10,12-13H2,1,3-4H3,(H,25,30)(H,26,29)/t16-,17-,20-,24+/m0/s1. The summed E-state index contributed by atoms with van der Waals surface area (Å²) in [5.41, 5.74) is 0.720. The highest BCUT2D eigenvalue weighted by Crippen LogP contribution is 2.23. The summed E-state index contributed by atoms with van der Waals surface area (Å²) in [5, 5.41) is 5.51. The smallest absolute Gasteiger partial charge is 0.310 e. The Hall–Kier alpha value is -3.40. The van der Waals surface area contributed by atoms with Crippen molar-refractivity contribution in [3.63, 3.8) is 0 Å². The Balaban J connectivity index is 1.71. The highest BCUT2D eigenvalue weighted by Gasteiger charge is 2.42. The van der Waals surface area contributed by atoms with Gasteiger partial charge in [-0.3, -0.25) is 19.2 Å². The minimum Gasteiger partial charge on any atom is -0.496 e. The van der Waals surface area contributed by atoms with Gasteiger partial charge < -0.3 is 29.7 Å². The number of carbonyl (C=O) groups excluding carboxylic acids is 4. The van der Waals surface area contributed by atoms with Gasteiger partial charge in [-0.05, 0) is 44.4 Å². The van der Waals surface area contributed by atoms with Gasteiger partial charge >= 0.3 is 5.97 Å². The topological polar surface area (TPSA) is 123 Å². The molecule has 0 unspecified atom stereocenters. The number of nitrogens with zero attached hydrogens (tertiary/aromatic N) is 1. The van der Waals surface area contributed by atoms with Gasteiger partial charge in [0, 0.05) is 13.2 Å². The van der Waals surface area contributed by atoms with E-state index in [0.29, 0.717) is 37.3 Å². The summed E-state index contributed by atoms with van der Waals surface area (Å²) in [6.45, 7) is 7.96. The Labute approximate surface area is 198 Å². The van der Waals surface area contributed by atoms with Crippen LogP contribution in [0.3, 0.4) is 0 Å². The first-order chi connectivity index (χ1) is 16.3. The Kier molecular flexibility index (Phi) is 8.27. The Bertz CT molecular complexity index is 964. The van der Waals surface area contributed by atoms with Crippen molar-refractivity contribution >= 4 is 23.7 Å². The number of likely N-dealkylation sites (tertiary alicyclic amines) is 1. The van der Waals surface area contributed by atoms with E-state index in [1.807, 2.05) is 0 Å². The highest BCUT2D eigenvalue weighted by molar-refractivity contribution is 6.01. The average molecular weight is 474 g/mol. The number of para-hydroxylation sites is 1. The molecular weight excluding hydrogens is 442 g/mol. The number of nitrogens with one attached hydrogen (secondary N) is 2. The number of rotatable bonds is 9. The van der Waals surface area contributed by atoms with E-state index in [-0.39, 0.29) is 12.0 Å². The third-order valence-electron chi connectivity index (χ3n) is 5.83. The SMILES string of the molecule is C=C(C)[C@H](NC(=O)c1ccccc1OC)C(=O)N1CCC[C@H]1C(=O)N[C@H]1CC(=O)O[C@H]1OCC. The first kappa shape index (κ1) is 25.2. The number of carbonyl (C=O) groups is 4. The second-order valence-electron chi connectivity index (χ2n) is 8.28. The number of benzene rings is 1. The van der Waals surface area contributed by atoms with E-state index in [9.17, 15) is 19.2 Å². The number of hydrogen-bond donors (Lipinski definition) is 2. The van der Waals surface area contributed by atoms with Crippen molar-refractivity contribution in [1.29, 1.82) is 0 Å². The van der Waals surface area contributed by atoms with Crippen molar-refractivity contribution in [2.45, 2.75) is 57.5 Å². The van der Waals surface area contributed by atoms with Crippen LogP contribution in [-0.2, 0) is 23.9 Å². The van der Waals surface area contributed by atoms with Crippen molar-refractivity contribution in [3.8, 4) is 5.75 Å². The molecular formula is C24H31N3O7. The lowest BCUT2D eigenvalue weighted by Gasteiger charge is -2.30. The van der Waals surface area contributed by atoms with Crippen LogP contribution < -0.4 is 15.4 Å². The van der Waals surface area contributed by atoms with E-state index in [1.54, 1.807) is 38.1 Å². The molecule has 0 radical (unpaired) electrons. The molecule has 0 aliphatic carbocycles. The minimum absolute atomic E-state index is 0.000427. The van der Waals surface area contributed by atoms with Crippen LogP contribution in [0.1, 0.15) is 43.5 Å². The van der Waals surface area contributed by atoms with Crippen molar-refractivity contribution in [3.05, 3.63) is 42.0 Å². The lowest BCUT2D eigenvalue weighted by molar-refractivity contribution is -0.164. The quantitative estimate of drug-likeness (QED) is 0.407. The number of amides is 3. The summed E-state index contributed by atoms with van der Waals surface area (Å²) in [7, 11) is 1.46. The molecule has 2 heterocycles. The van der Waals surface area contributed by atoms with Gasteiger partial charge in [0.1, 0.15) is 23.9 Å². The third kappa shape index (κ3) is 5.56. The lowest BCUT2D eigenvalue weighted by Crippen LogP contribution is -2.55. The fourth-order valence-corrected chi connectivity index (χ4v) is 4.15. The van der Waals surface area contributed by atoms with Crippen LogP contribution in [0.4, 0.5) is 0 Å². The molecule has 34 heavy (non-hydrogen) atoms. The van der Waals surface area contributed by atoms with Crippen molar-refractivity contribution < 1.29 is 33.4 Å². The van der Waals surface area contributed by atoms with E-state index in [0.717, 1.165) is 0 Å². The zero-order valence-corrected chi connectivity index (χ0v) is 19.7. The fraction of sp³-hybridized carbons (Fsp3) is 0.500. The zero-order chi connectivity index (χ0) is 24.8. The van der Waals surface area contributed by atoms with E-state index in [2.05, 4.69) is 17.2 Å². The minimum atomic E-state index is -1.02. The number of esters is 1. The van der Waals surface area contributed by atoms with Crippen LogP contribution in [0.5, 0.6) is 5.75 Å². The van der Waals surface area contributed by atoms with Crippen molar-refractivity contribution in [1.82, 2.24) is 15.5 Å². The van der Waals surface area contributed by atoms with Crippen LogP contribution in [0.25, 0.3) is 0 Å². The van der Waals surface area contributed by atoms with Gasteiger partial charge in [0.2, 0.25) is 18.1 Å². The number of cyclic esters (lactones) is 1. The maximum absolute atomic E-state index is 13.4. The summed E-state index contributed by atoms with van der Waals surface area (Å²) in [6, 6.07) is 4.31. The largest absolute Gasteiger partial charge is 0.496 e. The Morgan fingerprint density at radius 1 is 1.29 bits per heavy atom. The maximum atomic E-state index is 13.4. The molecule has 184 valence electrons. The van der Waals surface area contributed by atoms with Crippen molar-refractivity contribution in [2.75, 3.05) is 20.3 Å². The molecule has 0 spiro atoms. The van der Waals surface area contributed by atoms with Crippen LogP contribution in [-0.4, -0.2) is 73.3 Å². The first-order valence-electron chi connectivity index (χ1n) is 11.3. The summed E-state index contributed by atoms with van der Waals surface area (Å²) in [6.07, 6.45) is 0.236. The molecule has 2 fully saturated rings. The summed E-state index contributed by atoms with van der Waals surface area (Å²) < 4.78 is 15.7. The summed E-state index contributed by atoms with van der Waals surface area (Å²) in [5.74, 6) is -1.38. The molecule has 0 aromatic heterocycles. The van der Waals surface area contributed by atoms with Crippen LogP contribution in [0.2, 0.25) is 0 Å². The second-order valence-corrected chi connectivity index (χ2v) is 8.28. The number of ether oxygens (including phenoxy) is 3. The molecule has 3 amide bonds. The zero-order valence-electron chi connectivity index (χ0n) is 19.7. The van der Waals surface area contributed by atoms with Crippen molar-refractivity contribution in [2.24, 2.45) is 0 Å². The van der Waals surface area contributed by atoms with Crippen LogP contribution in [0.15, 0.2) is 36.4 Å². The van der Waals surface area contributed by atoms with Gasteiger partial charge in [-0.1, -0.05) is 18.7 Å². The van der Waals surface area contributed by atoms with Gasteiger partial charge in [0.25, 0.3) is 5.91 Å². The number of hydrogen-bond acceptors (Lipinski definition) is 7. The molecule has 0 saturated carbocycles. The molecule has 0 bridgehead atoms. The number of methoxy groups -OCH3 is 1. The molecule has 2 aliphatic heterocycles. The Morgan fingerprint density at radius 3 is 2.71 bits per heavy atom. The van der Waals surface area contributed by atoms with Gasteiger partial charge in [-0.25, -0.2) is 0 Å². The summed E-state index contributed by atoms with van der Waals surface area (Å²) >= 11 is 0. The molecule has 3 rings (SSSR count). The predicted octanol–water partition coefficient (Wildman–Crippen LogP) is 1.16. The first-order valence-corrected chi connectivity index (χ1v) is 11.3. The molecule has 2 saturated heterocycles. The molecule has 1 aromatic carbocycles. The van der Waals surface area contributed by atoms with Gasteiger partial charge in [-0.2, -0.15) is 0 Å². The molecule has 1 aromatic rings. The highest BCUT2D eigenvalue weighted by atomic mass is 16.7. The molecule has 10 nitrogen and oxygen atoms in total. The van der Waals surface area contributed by atoms with E-state index in [1.165, 1.54) is 12.0 Å². The lowest BCUT2D eigenvalue weighted by atomic mass is 10.1. The predicted molar refractivity (Wildman–Crippen MR) is 122 cm³/mol. The molecule has 2 aliphatic rings. The second kappa shape index (κ2) is 11.1. The normalized spacial score (nSPS) is 22.6. The Morgan fingerprint density at radius 2 is 2.03 bits per heavy atom. The molecule has 2 N–H and O–H groups in total. The van der Waals surface area contributed by atoms with Crippen LogP contribution >= 0.6 is 0 Å².